The van der Waals surface area contributed by atoms with E-state index in [1.54, 1.807) is 12.1 Å². The third kappa shape index (κ3) is 2.39. The number of rotatable bonds is 5. The van der Waals surface area contributed by atoms with Crippen molar-refractivity contribution in [3.05, 3.63) is 33.0 Å². The van der Waals surface area contributed by atoms with Crippen molar-refractivity contribution in [3.63, 3.8) is 0 Å². The van der Waals surface area contributed by atoms with Crippen molar-refractivity contribution in [2.24, 2.45) is 0 Å². The highest BCUT2D eigenvalue weighted by Gasteiger charge is 2.12. The van der Waals surface area contributed by atoms with Crippen LogP contribution < -0.4 is 20.7 Å². The van der Waals surface area contributed by atoms with Gasteiger partial charge in [-0.2, -0.15) is 0 Å². The quantitative estimate of drug-likeness (QED) is 0.854. The fourth-order valence-corrected chi connectivity index (χ4v) is 1.97. The van der Waals surface area contributed by atoms with Gasteiger partial charge in [0.2, 0.25) is 0 Å². The molecule has 0 fully saturated rings. The summed E-state index contributed by atoms with van der Waals surface area (Å²) in [4.78, 5) is 26.9. The Morgan fingerprint density at radius 2 is 1.75 bits per heavy atom. The molecule has 7 nitrogen and oxygen atoms in total. The van der Waals surface area contributed by atoms with Crippen LogP contribution in [0.5, 0.6) is 11.5 Å². The van der Waals surface area contributed by atoms with E-state index in [9.17, 15) is 9.59 Å². The fraction of sp³-hybridized carbons (Fsp3) is 0.385. The maximum atomic E-state index is 12.3. The molecule has 0 saturated carbocycles. The average Bonchev–Trinajstić information content (AvgIpc) is 2.46. The molecule has 7 heteroatoms. The Bertz CT molecular complexity index is 732. The lowest BCUT2D eigenvalue weighted by Crippen LogP contribution is -2.36. The van der Waals surface area contributed by atoms with Crippen LogP contribution in [-0.4, -0.2) is 37.5 Å². The van der Waals surface area contributed by atoms with E-state index in [1.807, 2.05) is 0 Å². The summed E-state index contributed by atoms with van der Waals surface area (Å²) in [7, 11) is 4.48. The lowest BCUT2D eigenvalue weighted by Gasteiger charge is -2.10. The predicted molar refractivity (Wildman–Crippen MR) is 73.8 cm³/mol. The third-order valence-corrected chi connectivity index (χ3v) is 3.01. The van der Waals surface area contributed by atoms with E-state index in [0.29, 0.717) is 22.4 Å². The van der Waals surface area contributed by atoms with Gasteiger partial charge in [-0.05, 0) is 6.07 Å². The van der Waals surface area contributed by atoms with E-state index < -0.39 is 5.69 Å². The van der Waals surface area contributed by atoms with Crippen LogP contribution >= 0.6 is 0 Å². The van der Waals surface area contributed by atoms with Gasteiger partial charge in [0.25, 0.3) is 5.56 Å². The van der Waals surface area contributed by atoms with Crippen LogP contribution in [0.1, 0.15) is 0 Å². The van der Waals surface area contributed by atoms with Gasteiger partial charge in [0.1, 0.15) is 0 Å². The first kappa shape index (κ1) is 14.1. The Balaban J connectivity index is 2.71. The molecule has 0 amide bonds. The van der Waals surface area contributed by atoms with Gasteiger partial charge in [-0.1, -0.05) is 0 Å². The van der Waals surface area contributed by atoms with Gasteiger partial charge in [-0.3, -0.25) is 9.36 Å². The lowest BCUT2D eigenvalue weighted by atomic mass is 10.2. The topological polar surface area (TPSA) is 82.6 Å². The molecule has 2 aromatic rings. The van der Waals surface area contributed by atoms with Crippen LogP contribution in [0, 0.1) is 0 Å². The molecular formula is C13H16N2O5. The number of aromatic nitrogens is 2. The zero-order valence-corrected chi connectivity index (χ0v) is 11.6. The van der Waals surface area contributed by atoms with Crippen LogP contribution in [0.2, 0.25) is 0 Å². The summed E-state index contributed by atoms with van der Waals surface area (Å²) in [6.45, 7) is 0.469. The number of methoxy groups -OCH3 is 3. The maximum absolute atomic E-state index is 12.3. The number of fused-ring (bicyclic) bond motifs is 1. The van der Waals surface area contributed by atoms with Crippen molar-refractivity contribution in [3.8, 4) is 11.5 Å². The summed E-state index contributed by atoms with van der Waals surface area (Å²) in [6.07, 6.45) is 0. The van der Waals surface area contributed by atoms with Crippen molar-refractivity contribution < 1.29 is 14.2 Å². The smallest absolute Gasteiger partial charge is 0.328 e. The van der Waals surface area contributed by atoms with Crippen LogP contribution in [0.25, 0.3) is 10.9 Å². The molecule has 0 saturated heterocycles. The summed E-state index contributed by atoms with van der Waals surface area (Å²) in [5, 5.41) is 0.360. The maximum Gasteiger partial charge on any atom is 0.328 e. The average molecular weight is 280 g/mol. The molecule has 0 radical (unpaired) electrons. The van der Waals surface area contributed by atoms with Crippen LogP contribution in [0.15, 0.2) is 21.7 Å². The Morgan fingerprint density at radius 1 is 1.10 bits per heavy atom. The number of nitrogens with one attached hydrogen (secondary N) is 1. The summed E-state index contributed by atoms with van der Waals surface area (Å²) in [5.74, 6) is 0.882. The van der Waals surface area contributed by atoms with E-state index in [1.165, 1.54) is 21.3 Å². The van der Waals surface area contributed by atoms with Crippen molar-refractivity contribution in [2.75, 3.05) is 27.9 Å². The lowest BCUT2D eigenvalue weighted by molar-refractivity contribution is 0.185. The normalized spacial score (nSPS) is 10.8. The minimum absolute atomic E-state index is 0.189. The number of nitrogens with zero attached hydrogens (tertiary/aromatic N) is 1. The second kappa shape index (κ2) is 5.79. The standard InChI is InChI=1S/C13H16N2O5/c1-18-5-4-15-12(16)8-6-10(19-2)11(20-3)7-9(8)14-13(15)17/h6-7H,4-5H2,1-3H3,(H,14,17). The van der Waals surface area contributed by atoms with Gasteiger partial charge in [-0.15, -0.1) is 0 Å². The highest BCUT2D eigenvalue weighted by molar-refractivity contribution is 5.81. The predicted octanol–water partition coefficient (Wildman–Crippen LogP) is 0.353. The molecule has 1 heterocycles. The van der Waals surface area contributed by atoms with Gasteiger partial charge in [0.05, 0.1) is 38.3 Å². The summed E-state index contributed by atoms with van der Waals surface area (Å²) < 4.78 is 16.3. The van der Waals surface area contributed by atoms with Crippen LogP contribution in [0.3, 0.4) is 0 Å². The first-order valence-electron chi connectivity index (χ1n) is 6.00. The Kier molecular flexibility index (Phi) is 4.09. The molecule has 0 aliphatic carbocycles. The van der Waals surface area contributed by atoms with Crippen molar-refractivity contribution in [1.82, 2.24) is 9.55 Å². The van der Waals surface area contributed by atoms with E-state index in [4.69, 9.17) is 14.2 Å². The highest BCUT2D eigenvalue weighted by Crippen LogP contribution is 2.29. The SMILES string of the molecule is COCCn1c(=O)[nH]c2cc(OC)c(OC)cc2c1=O. The summed E-state index contributed by atoms with van der Waals surface area (Å²) >= 11 is 0. The first-order valence-corrected chi connectivity index (χ1v) is 6.00. The Labute approximate surface area is 114 Å². The Morgan fingerprint density at radius 3 is 2.35 bits per heavy atom. The monoisotopic (exact) mass is 280 g/mol. The number of aromatic amines is 1. The van der Waals surface area contributed by atoms with Crippen molar-refractivity contribution >= 4 is 10.9 Å². The Hall–Kier alpha value is -2.28. The number of benzene rings is 1. The van der Waals surface area contributed by atoms with Gasteiger partial charge >= 0.3 is 5.69 Å². The molecule has 0 bridgehead atoms. The van der Waals surface area contributed by atoms with Crippen molar-refractivity contribution in [1.29, 1.82) is 0 Å². The molecular weight excluding hydrogens is 264 g/mol. The number of H-pyrrole nitrogens is 1. The molecule has 1 aromatic heterocycles. The van der Waals surface area contributed by atoms with Crippen LogP contribution in [0.4, 0.5) is 0 Å². The van der Waals surface area contributed by atoms with Gasteiger partial charge in [-0.25, -0.2) is 4.79 Å². The molecule has 0 aliphatic heterocycles. The zero-order valence-electron chi connectivity index (χ0n) is 11.6. The number of hydrogen-bond donors (Lipinski definition) is 1. The molecule has 0 spiro atoms. The second-order valence-electron chi connectivity index (χ2n) is 4.13. The third-order valence-electron chi connectivity index (χ3n) is 3.01. The molecule has 0 aliphatic rings. The molecule has 1 aromatic carbocycles. The summed E-state index contributed by atoms with van der Waals surface area (Å²) in [5.41, 5.74) is -0.458. The highest BCUT2D eigenvalue weighted by atomic mass is 16.5. The minimum Gasteiger partial charge on any atom is -0.493 e. The second-order valence-corrected chi connectivity index (χ2v) is 4.13. The molecule has 0 unspecified atom stereocenters. The molecule has 0 atom stereocenters. The van der Waals surface area contributed by atoms with Gasteiger partial charge in [0, 0.05) is 13.2 Å². The van der Waals surface area contributed by atoms with Gasteiger partial charge < -0.3 is 19.2 Å². The van der Waals surface area contributed by atoms with E-state index in [-0.39, 0.29) is 18.7 Å². The van der Waals surface area contributed by atoms with E-state index in [2.05, 4.69) is 4.98 Å². The van der Waals surface area contributed by atoms with Gasteiger partial charge in [0.15, 0.2) is 11.5 Å². The minimum atomic E-state index is -0.480. The molecule has 108 valence electrons. The fourth-order valence-electron chi connectivity index (χ4n) is 1.97. The number of hydrogen-bond acceptors (Lipinski definition) is 5. The molecule has 2 rings (SSSR count). The van der Waals surface area contributed by atoms with E-state index in [0.717, 1.165) is 4.57 Å². The molecule has 1 N–H and O–H groups in total. The summed E-state index contributed by atoms with van der Waals surface area (Å²) in [6, 6.07) is 3.12. The van der Waals surface area contributed by atoms with E-state index >= 15 is 0 Å². The first-order chi connectivity index (χ1) is 9.62. The number of ether oxygens (including phenoxy) is 3. The zero-order chi connectivity index (χ0) is 14.7. The largest absolute Gasteiger partial charge is 0.493 e. The van der Waals surface area contributed by atoms with Crippen molar-refractivity contribution in [2.45, 2.75) is 6.54 Å². The van der Waals surface area contributed by atoms with Crippen LogP contribution in [-0.2, 0) is 11.3 Å². The molecule has 20 heavy (non-hydrogen) atoms.